The number of hydrogen-bond acceptors (Lipinski definition) is 4. The minimum Gasteiger partial charge on any atom is -0.350 e. The first kappa shape index (κ1) is 29.7. The molecule has 202 valence electrons. The van der Waals surface area contributed by atoms with Gasteiger partial charge in [-0.3, -0.25) is 13.9 Å². The number of amides is 2. The molecule has 0 aromatic heterocycles. The number of halogens is 2. The molecule has 3 aromatic rings. The number of carbonyl (C=O) groups excluding carboxylic acids is 2. The molecule has 0 radical (unpaired) electrons. The van der Waals surface area contributed by atoms with Gasteiger partial charge in [-0.2, -0.15) is 0 Å². The summed E-state index contributed by atoms with van der Waals surface area (Å²) in [6.07, 6.45) is 0. The third kappa shape index (κ3) is 7.58. The average molecular weight is 621 g/mol. The molecular formula is C28H31BrClN3O4S. The lowest BCUT2D eigenvalue weighted by Crippen LogP contribution is -2.54. The third-order valence-corrected chi connectivity index (χ3v) is 8.32. The van der Waals surface area contributed by atoms with Crippen LogP contribution in [0.5, 0.6) is 0 Å². The van der Waals surface area contributed by atoms with Crippen molar-refractivity contribution in [3.05, 3.63) is 93.9 Å². The largest absolute Gasteiger partial charge is 0.350 e. The number of carbonyl (C=O) groups is 2. The van der Waals surface area contributed by atoms with Gasteiger partial charge in [-0.05, 0) is 69.7 Å². The Hall–Kier alpha value is -2.88. The van der Waals surface area contributed by atoms with E-state index in [0.29, 0.717) is 20.7 Å². The van der Waals surface area contributed by atoms with Gasteiger partial charge in [0.2, 0.25) is 11.8 Å². The number of anilines is 1. The van der Waals surface area contributed by atoms with E-state index in [1.54, 1.807) is 73.7 Å². The van der Waals surface area contributed by atoms with Crippen LogP contribution in [-0.2, 0) is 26.2 Å². The van der Waals surface area contributed by atoms with E-state index in [4.69, 9.17) is 11.6 Å². The summed E-state index contributed by atoms with van der Waals surface area (Å²) in [6, 6.07) is 20.7. The van der Waals surface area contributed by atoms with Crippen molar-refractivity contribution < 1.29 is 18.0 Å². The fourth-order valence-electron chi connectivity index (χ4n) is 3.75. The van der Waals surface area contributed by atoms with Crippen LogP contribution < -0.4 is 9.62 Å². The summed E-state index contributed by atoms with van der Waals surface area (Å²) in [7, 11) is -4.12. The van der Waals surface area contributed by atoms with E-state index in [-0.39, 0.29) is 17.3 Å². The molecule has 10 heteroatoms. The maximum atomic E-state index is 13.9. The summed E-state index contributed by atoms with van der Waals surface area (Å²) in [6.45, 7) is 6.66. The molecule has 0 aliphatic carbocycles. The molecule has 0 heterocycles. The predicted octanol–water partition coefficient (Wildman–Crippen LogP) is 5.63. The van der Waals surface area contributed by atoms with Crippen molar-refractivity contribution in [2.24, 2.45) is 0 Å². The van der Waals surface area contributed by atoms with Gasteiger partial charge in [-0.25, -0.2) is 8.42 Å². The summed E-state index contributed by atoms with van der Waals surface area (Å²) in [5.74, 6) is -0.918. The summed E-state index contributed by atoms with van der Waals surface area (Å²) >= 11 is 9.77. The maximum Gasteiger partial charge on any atom is 0.264 e. The number of hydrogen-bond donors (Lipinski definition) is 1. The standard InChI is InChI=1S/C28H31BrClN3O4S/c1-20(27(35)31-28(2,3)4)32(18-21-11-8-9-16-25(21)30)26(34)19-33(23-13-10-12-22(29)17-23)38(36,37)24-14-6-5-7-15-24/h5-17,20H,18-19H2,1-4H3,(H,31,35). The predicted molar refractivity (Wildman–Crippen MR) is 154 cm³/mol. The molecular weight excluding hydrogens is 590 g/mol. The van der Waals surface area contributed by atoms with Gasteiger partial charge in [0, 0.05) is 21.6 Å². The first-order valence-electron chi connectivity index (χ1n) is 12.0. The van der Waals surface area contributed by atoms with E-state index >= 15 is 0 Å². The van der Waals surface area contributed by atoms with E-state index in [2.05, 4.69) is 21.2 Å². The fourth-order valence-corrected chi connectivity index (χ4v) is 5.76. The zero-order chi connectivity index (χ0) is 28.1. The molecule has 0 aliphatic heterocycles. The molecule has 1 unspecified atom stereocenters. The van der Waals surface area contributed by atoms with Crippen LogP contribution in [-0.4, -0.2) is 43.3 Å². The van der Waals surface area contributed by atoms with E-state index < -0.39 is 34.1 Å². The van der Waals surface area contributed by atoms with Crippen molar-refractivity contribution in [1.82, 2.24) is 10.2 Å². The zero-order valence-corrected chi connectivity index (χ0v) is 24.8. The van der Waals surface area contributed by atoms with Crippen molar-refractivity contribution in [3.8, 4) is 0 Å². The first-order chi connectivity index (χ1) is 17.8. The van der Waals surface area contributed by atoms with E-state index in [1.807, 2.05) is 20.8 Å². The van der Waals surface area contributed by atoms with Crippen LogP contribution in [0.1, 0.15) is 33.3 Å². The highest BCUT2D eigenvalue weighted by molar-refractivity contribution is 9.10. The molecule has 3 rings (SSSR count). The Balaban J connectivity index is 2.04. The Morgan fingerprint density at radius 2 is 1.61 bits per heavy atom. The normalized spacial score (nSPS) is 12.5. The molecule has 1 atom stereocenters. The van der Waals surface area contributed by atoms with Crippen LogP contribution in [0.4, 0.5) is 5.69 Å². The Morgan fingerprint density at radius 1 is 0.974 bits per heavy atom. The van der Waals surface area contributed by atoms with Crippen molar-refractivity contribution in [3.63, 3.8) is 0 Å². The van der Waals surface area contributed by atoms with E-state index in [9.17, 15) is 18.0 Å². The number of rotatable bonds is 9. The molecule has 7 nitrogen and oxygen atoms in total. The van der Waals surface area contributed by atoms with Crippen molar-refractivity contribution in [2.75, 3.05) is 10.8 Å². The Labute approximate surface area is 238 Å². The Bertz CT molecular complexity index is 1390. The molecule has 0 saturated carbocycles. The van der Waals surface area contributed by atoms with Gasteiger partial charge < -0.3 is 10.2 Å². The van der Waals surface area contributed by atoms with Crippen LogP contribution >= 0.6 is 27.5 Å². The quantitative estimate of drug-likeness (QED) is 0.336. The molecule has 0 saturated heterocycles. The van der Waals surface area contributed by atoms with Gasteiger partial charge in [0.15, 0.2) is 0 Å². The molecule has 0 spiro atoms. The van der Waals surface area contributed by atoms with Gasteiger partial charge in [-0.15, -0.1) is 0 Å². The number of nitrogens with one attached hydrogen (secondary N) is 1. The molecule has 1 N–H and O–H groups in total. The third-order valence-electron chi connectivity index (χ3n) is 5.67. The van der Waals surface area contributed by atoms with Gasteiger partial charge in [0.1, 0.15) is 12.6 Å². The minimum atomic E-state index is -4.12. The van der Waals surface area contributed by atoms with Gasteiger partial charge in [0.05, 0.1) is 10.6 Å². The summed E-state index contributed by atoms with van der Waals surface area (Å²) in [5, 5.41) is 3.34. The second-order valence-corrected chi connectivity index (χ2v) is 13.0. The van der Waals surface area contributed by atoms with Gasteiger partial charge >= 0.3 is 0 Å². The summed E-state index contributed by atoms with van der Waals surface area (Å²) in [4.78, 5) is 28.4. The molecule has 3 aromatic carbocycles. The summed E-state index contributed by atoms with van der Waals surface area (Å²) in [5.41, 5.74) is 0.419. The van der Waals surface area contributed by atoms with Crippen LogP contribution in [0, 0.1) is 0 Å². The van der Waals surface area contributed by atoms with E-state index in [0.717, 1.165) is 4.31 Å². The number of benzene rings is 3. The SMILES string of the molecule is CC(C(=O)NC(C)(C)C)N(Cc1ccccc1Cl)C(=O)CN(c1cccc(Br)c1)S(=O)(=O)c1ccccc1. The second-order valence-electron chi connectivity index (χ2n) is 9.83. The van der Waals surface area contributed by atoms with Crippen molar-refractivity contribution in [2.45, 2.75) is 50.7 Å². The van der Waals surface area contributed by atoms with Crippen molar-refractivity contribution >= 4 is 55.1 Å². The Morgan fingerprint density at radius 3 is 2.21 bits per heavy atom. The molecule has 0 aliphatic rings. The highest BCUT2D eigenvalue weighted by Gasteiger charge is 2.33. The van der Waals surface area contributed by atoms with Crippen LogP contribution in [0.3, 0.4) is 0 Å². The monoisotopic (exact) mass is 619 g/mol. The molecule has 0 bridgehead atoms. The Kier molecular flexibility index (Phi) is 9.62. The molecule has 0 fully saturated rings. The molecule has 2 amide bonds. The van der Waals surface area contributed by atoms with Gasteiger partial charge in [0.25, 0.3) is 10.0 Å². The van der Waals surface area contributed by atoms with Crippen LogP contribution in [0.2, 0.25) is 5.02 Å². The minimum absolute atomic E-state index is 0.0228. The van der Waals surface area contributed by atoms with Crippen molar-refractivity contribution in [1.29, 1.82) is 0 Å². The second kappa shape index (κ2) is 12.3. The fraction of sp³-hybridized carbons (Fsp3) is 0.286. The average Bonchev–Trinajstić information content (AvgIpc) is 2.85. The maximum absolute atomic E-state index is 13.9. The summed E-state index contributed by atoms with van der Waals surface area (Å²) < 4.78 is 29.2. The van der Waals surface area contributed by atoms with Crippen LogP contribution in [0.15, 0.2) is 88.2 Å². The first-order valence-corrected chi connectivity index (χ1v) is 14.6. The lowest BCUT2D eigenvalue weighted by atomic mass is 10.1. The lowest BCUT2D eigenvalue weighted by Gasteiger charge is -2.33. The van der Waals surface area contributed by atoms with Crippen LogP contribution in [0.25, 0.3) is 0 Å². The molecule has 38 heavy (non-hydrogen) atoms. The highest BCUT2D eigenvalue weighted by atomic mass is 79.9. The smallest absolute Gasteiger partial charge is 0.264 e. The zero-order valence-electron chi connectivity index (χ0n) is 21.7. The topological polar surface area (TPSA) is 86.8 Å². The van der Waals surface area contributed by atoms with Gasteiger partial charge in [-0.1, -0.05) is 70.0 Å². The number of sulfonamides is 1. The highest BCUT2D eigenvalue weighted by Crippen LogP contribution is 2.27. The van der Waals surface area contributed by atoms with E-state index in [1.165, 1.54) is 17.0 Å². The number of nitrogens with zero attached hydrogens (tertiary/aromatic N) is 2. The lowest BCUT2D eigenvalue weighted by molar-refractivity contribution is -0.140.